The Morgan fingerprint density at radius 1 is 0.750 bits per heavy atom. The van der Waals surface area contributed by atoms with Crippen LogP contribution in [0.15, 0.2) is 72.8 Å². The molecule has 3 nitrogen and oxygen atoms in total. The molecule has 4 N–H and O–H groups in total. The van der Waals surface area contributed by atoms with Crippen LogP contribution in [0.5, 0.6) is 5.75 Å². The Morgan fingerprint density at radius 3 is 2.29 bits per heavy atom. The normalized spacial score (nSPS) is 11.0. The number of hydrogen-bond acceptors (Lipinski definition) is 3. The molecule has 24 heavy (non-hydrogen) atoms. The van der Waals surface area contributed by atoms with E-state index in [1.807, 2.05) is 60.7 Å². The predicted molar refractivity (Wildman–Crippen MR) is 101 cm³/mol. The molecule has 0 aliphatic carbocycles. The molecular formula is C21H18N2O. The summed E-state index contributed by atoms with van der Waals surface area (Å²) in [4.78, 5) is 0. The average Bonchev–Trinajstić information content (AvgIpc) is 2.61. The van der Waals surface area contributed by atoms with Gasteiger partial charge in [0.15, 0.2) is 5.75 Å². The van der Waals surface area contributed by atoms with Crippen molar-refractivity contribution >= 4 is 32.9 Å². The molecule has 0 heterocycles. The van der Waals surface area contributed by atoms with Gasteiger partial charge in [0.2, 0.25) is 0 Å². The summed E-state index contributed by atoms with van der Waals surface area (Å²) < 4.78 is 6.12. The third-order valence-electron chi connectivity index (χ3n) is 4.24. The van der Waals surface area contributed by atoms with E-state index in [9.17, 15) is 0 Å². The van der Waals surface area contributed by atoms with E-state index in [1.165, 1.54) is 0 Å². The van der Waals surface area contributed by atoms with Gasteiger partial charge in [0.05, 0.1) is 5.69 Å². The Balaban J connectivity index is 1.89. The Hall–Kier alpha value is -3.20. The number of nitrogens with two attached hydrogens (primary N) is 2. The quantitative estimate of drug-likeness (QED) is 0.424. The van der Waals surface area contributed by atoms with Crippen molar-refractivity contribution in [2.24, 2.45) is 0 Å². The van der Waals surface area contributed by atoms with Crippen LogP contribution in [0.1, 0.15) is 5.56 Å². The Bertz CT molecular complexity index is 1030. The van der Waals surface area contributed by atoms with Gasteiger partial charge in [-0.1, -0.05) is 54.6 Å². The van der Waals surface area contributed by atoms with E-state index in [4.69, 9.17) is 16.2 Å². The lowest BCUT2D eigenvalue weighted by Gasteiger charge is -2.14. The summed E-state index contributed by atoms with van der Waals surface area (Å²) in [5.41, 5.74) is 14.7. The lowest BCUT2D eigenvalue weighted by Crippen LogP contribution is -2.00. The maximum atomic E-state index is 6.22. The molecule has 0 atom stereocenters. The minimum Gasteiger partial charge on any atom is -0.486 e. The van der Waals surface area contributed by atoms with Crippen LogP contribution in [0.2, 0.25) is 0 Å². The first kappa shape index (κ1) is 14.4. The zero-order chi connectivity index (χ0) is 16.5. The highest BCUT2D eigenvalue weighted by Gasteiger charge is 2.11. The molecule has 0 fully saturated rings. The van der Waals surface area contributed by atoms with Crippen molar-refractivity contribution in [1.82, 2.24) is 0 Å². The smallest absolute Gasteiger partial charge is 0.151 e. The number of fused-ring (bicyclic) bond motifs is 3. The average molecular weight is 314 g/mol. The first-order valence-corrected chi connectivity index (χ1v) is 7.89. The van der Waals surface area contributed by atoms with Gasteiger partial charge in [-0.15, -0.1) is 0 Å². The summed E-state index contributed by atoms with van der Waals surface area (Å²) in [6, 6.07) is 24.1. The summed E-state index contributed by atoms with van der Waals surface area (Å²) in [6.07, 6.45) is 0. The van der Waals surface area contributed by atoms with Gasteiger partial charge in [0.1, 0.15) is 6.61 Å². The lowest BCUT2D eigenvalue weighted by atomic mass is 10.00. The first-order valence-electron chi connectivity index (χ1n) is 7.89. The van der Waals surface area contributed by atoms with E-state index in [1.54, 1.807) is 0 Å². The van der Waals surface area contributed by atoms with E-state index >= 15 is 0 Å². The standard InChI is InChI=1S/C21H18N2O/c22-17-10-8-15-6-7-16-9-11-19(23)21(20(16)18(15)12-17)24-13-14-4-2-1-3-5-14/h1-12H,13,22-23H2. The fourth-order valence-electron chi connectivity index (χ4n) is 3.03. The predicted octanol–water partition coefficient (Wildman–Crippen LogP) is 4.74. The molecule has 0 amide bonds. The van der Waals surface area contributed by atoms with Crippen LogP contribution < -0.4 is 16.2 Å². The van der Waals surface area contributed by atoms with Gasteiger partial charge in [0.25, 0.3) is 0 Å². The van der Waals surface area contributed by atoms with Crippen molar-refractivity contribution in [2.45, 2.75) is 6.61 Å². The largest absolute Gasteiger partial charge is 0.486 e. The van der Waals surface area contributed by atoms with Crippen molar-refractivity contribution in [3.63, 3.8) is 0 Å². The molecule has 4 aromatic carbocycles. The molecule has 3 heteroatoms. The number of anilines is 2. The van der Waals surface area contributed by atoms with Crippen molar-refractivity contribution in [3.8, 4) is 5.75 Å². The van der Waals surface area contributed by atoms with E-state index in [-0.39, 0.29) is 0 Å². The van der Waals surface area contributed by atoms with Gasteiger partial charge in [0, 0.05) is 11.1 Å². The zero-order valence-corrected chi connectivity index (χ0v) is 13.2. The zero-order valence-electron chi connectivity index (χ0n) is 13.2. The highest BCUT2D eigenvalue weighted by atomic mass is 16.5. The Morgan fingerprint density at radius 2 is 1.46 bits per heavy atom. The molecular weight excluding hydrogens is 296 g/mol. The summed E-state index contributed by atoms with van der Waals surface area (Å²) in [5, 5.41) is 4.27. The van der Waals surface area contributed by atoms with E-state index in [0.717, 1.165) is 32.8 Å². The van der Waals surface area contributed by atoms with Gasteiger partial charge in [-0.05, 0) is 39.9 Å². The summed E-state index contributed by atoms with van der Waals surface area (Å²) in [6.45, 7) is 0.475. The van der Waals surface area contributed by atoms with Crippen LogP contribution >= 0.6 is 0 Å². The van der Waals surface area contributed by atoms with Crippen LogP contribution in [0, 0.1) is 0 Å². The number of hydrogen-bond donors (Lipinski definition) is 2. The summed E-state index contributed by atoms with van der Waals surface area (Å²) >= 11 is 0. The molecule has 0 spiro atoms. The number of ether oxygens (including phenoxy) is 1. The molecule has 0 saturated heterocycles. The fourth-order valence-corrected chi connectivity index (χ4v) is 3.03. The van der Waals surface area contributed by atoms with Crippen LogP contribution in [-0.4, -0.2) is 0 Å². The first-order chi connectivity index (χ1) is 11.7. The summed E-state index contributed by atoms with van der Waals surface area (Å²) in [5.74, 6) is 0.715. The molecule has 0 aliphatic rings. The lowest BCUT2D eigenvalue weighted by molar-refractivity contribution is 0.312. The van der Waals surface area contributed by atoms with Crippen molar-refractivity contribution in [2.75, 3.05) is 11.5 Å². The fraction of sp³-hybridized carbons (Fsp3) is 0.0476. The maximum absolute atomic E-state index is 6.22. The molecule has 0 aliphatic heterocycles. The highest BCUT2D eigenvalue weighted by molar-refractivity contribution is 6.13. The highest BCUT2D eigenvalue weighted by Crippen LogP contribution is 2.38. The van der Waals surface area contributed by atoms with Crippen LogP contribution in [0.4, 0.5) is 11.4 Å². The Kier molecular flexibility index (Phi) is 3.47. The molecule has 118 valence electrons. The molecule has 0 aromatic heterocycles. The second-order valence-corrected chi connectivity index (χ2v) is 5.90. The number of nitrogen functional groups attached to an aromatic ring is 2. The minimum absolute atomic E-state index is 0.475. The van der Waals surface area contributed by atoms with Gasteiger partial charge in [-0.25, -0.2) is 0 Å². The topological polar surface area (TPSA) is 61.3 Å². The van der Waals surface area contributed by atoms with E-state index in [0.29, 0.717) is 18.0 Å². The minimum atomic E-state index is 0.475. The Labute approximate surface area is 140 Å². The van der Waals surface area contributed by atoms with E-state index < -0.39 is 0 Å². The third kappa shape index (κ3) is 2.50. The molecule has 4 rings (SSSR count). The molecule has 0 radical (unpaired) electrons. The maximum Gasteiger partial charge on any atom is 0.151 e. The molecule has 4 aromatic rings. The van der Waals surface area contributed by atoms with Gasteiger partial charge in [-0.2, -0.15) is 0 Å². The SMILES string of the molecule is Nc1ccc2ccc3ccc(N)c(OCc4ccccc4)c3c2c1. The molecule has 0 bridgehead atoms. The summed E-state index contributed by atoms with van der Waals surface area (Å²) in [7, 11) is 0. The van der Waals surface area contributed by atoms with E-state index in [2.05, 4.69) is 12.1 Å². The third-order valence-corrected chi connectivity index (χ3v) is 4.24. The number of benzene rings is 4. The van der Waals surface area contributed by atoms with Crippen molar-refractivity contribution in [3.05, 3.63) is 78.4 Å². The second kappa shape index (κ2) is 5.78. The van der Waals surface area contributed by atoms with Crippen LogP contribution in [0.25, 0.3) is 21.5 Å². The van der Waals surface area contributed by atoms with Gasteiger partial charge >= 0.3 is 0 Å². The molecule has 0 saturated carbocycles. The van der Waals surface area contributed by atoms with Crippen molar-refractivity contribution < 1.29 is 4.74 Å². The van der Waals surface area contributed by atoms with Crippen LogP contribution in [-0.2, 0) is 6.61 Å². The number of rotatable bonds is 3. The van der Waals surface area contributed by atoms with Crippen LogP contribution in [0.3, 0.4) is 0 Å². The van der Waals surface area contributed by atoms with Gasteiger partial charge < -0.3 is 16.2 Å². The monoisotopic (exact) mass is 314 g/mol. The second-order valence-electron chi connectivity index (χ2n) is 5.90. The molecule has 0 unspecified atom stereocenters. The van der Waals surface area contributed by atoms with Gasteiger partial charge in [-0.3, -0.25) is 0 Å². The van der Waals surface area contributed by atoms with Crippen molar-refractivity contribution in [1.29, 1.82) is 0 Å².